The number of aliphatic imine (C=N–C) groups is 2. The summed E-state index contributed by atoms with van der Waals surface area (Å²) >= 11 is 3.57. The van der Waals surface area contributed by atoms with Gasteiger partial charge >= 0.3 is 0 Å². The summed E-state index contributed by atoms with van der Waals surface area (Å²) in [5.41, 5.74) is 17.4. The van der Waals surface area contributed by atoms with Crippen molar-refractivity contribution < 1.29 is 40.6 Å². The first-order valence-corrected chi connectivity index (χ1v) is 22.8. The van der Waals surface area contributed by atoms with Crippen LogP contribution in [0.5, 0.6) is 0 Å². The fourth-order valence-corrected chi connectivity index (χ4v) is 9.92. The maximum atomic E-state index is 11.0. The van der Waals surface area contributed by atoms with E-state index in [0.29, 0.717) is 0 Å². The largest absolute Gasteiger partial charge is 0.744 e. The van der Waals surface area contributed by atoms with Crippen molar-refractivity contribution in [3.05, 3.63) is 119 Å². The van der Waals surface area contributed by atoms with Crippen LogP contribution in [0.15, 0.2) is 127 Å². The SMILES string of the molecule is CCN1C=NC=C(C[n+]2ccc3ccsc3c2C)C1N.CCN1C=NC=C(C[n+]2ccc3ccsc3c2C)C1N.O.O=S(=O)([O-])c1cccc2c(S(=O)(=O)[O-])cccc12. The highest BCUT2D eigenvalue weighted by atomic mass is 32.2. The fraction of sp³-hybridized carbons (Fsp3) is 0.250. The molecule has 4 aromatic heterocycles. The van der Waals surface area contributed by atoms with Gasteiger partial charge in [-0.15, -0.1) is 22.7 Å². The summed E-state index contributed by atoms with van der Waals surface area (Å²) in [4.78, 5) is 11.6. The highest BCUT2D eigenvalue weighted by Gasteiger charge is 2.24. The first kappa shape index (κ1) is 45.1. The van der Waals surface area contributed by atoms with Crippen LogP contribution in [0.4, 0.5) is 0 Å². The average molecular weight is 879 g/mol. The second kappa shape index (κ2) is 19.0. The number of fused-ring (bicyclic) bond motifs is 3. The monoisotopic (exact) mass is 878 g/mol. The van der Waals surface area contributed by atoms with Crippen molar-refractivity contribution in [2.24, 2.45) is 21.5 Å². The maximum absolute atomic E-state index is 11.0. The number of benzene rings is 2. The molecule has 0 aliphatic carbocycles. The van der Waals surface area contributed by atoms with E-state index in [-0.39, 0.29) is 28.6 Å². The normalized spacial score (nSPS) is 16.5. The van der Waals surface area contributed by atoms with Crippen LogP contribution in [0.25, 0.3) is 30.9 Å². The summed E-state index contributed by atoms with van der Waals surface area (Å²) < 4.78 is 73.3. The molecular weight excluding hydrogens is 833 g/mol. The van der Waals surface area contributed by atoms with E-state index in [4.69, 9.17) is 11.5 Å². The van der Waals surface area contributed by atoms with Crippen LogP contribution in [0, 0.1) is 13.8 Å². The van der Waals surface area contributed by atoms with Gasteiger partial charge in [0.15, 0.2) is 36.9 Å². The summed E-state index contributed by atoms with van der Waals surface area (Å²) in [5.74, 6) is 0. The third-order valence-corrected chi connectivity index (χ3v) is 13.8. The second-order valence-electron chi connectivity index (χ2n) is 13.5. The van der Waals surface area contributed by atoms with Gasteiger partial charge in [-0.1, -0.05) is 24.3 Å². The lowest BCUT2D eigenvalue weighted by molar-refractivity contribution is -0.694. The zero-order chi connectivity index (χ0) is 41.8. The minimum absolute atomic E-state index is 0. The number of hydrogen-bond acceptors (Lipinski definition) is 14. The molecule has 0 spiro atoms. The molecule has 6 heterocycles. The zero-order valence-electron chi connectivity index (χ0n) is 32.8. The Bertz CT molecular complexity index is 2630. The van der Waals surface area contributed by atoms with Gasteiger partial charge in [0.05, 0.1) is 22.5 Å². The van der Waals surface area contributed by atoms with Crippen molar-refractivity contribution in [2.45, 2.75) is 62.9 Å². The van der Waals surface area contributed by atoms with Gasteiger partial charge in [0.1, 0.15) is 42.0 Å². The van der Waals surface area contributed by atoms with E-state index < -0.39 is 30.0 Å². The summed E-state index contributed by atoms with van der Waals surface area (Å²) in [6, 6.07) is 15.7. The van der Waals surface area contributed by atoms with E-state index in [2.05, 4.69) is 104 Å². The molecule has 59 heavy (non-hydrogen) atoms. The molecule has 2 aliphatic rings. The van der Waals surface area contributed by atoms with Crippen LogP contribution in [0.3, 0.4) is 0 Å². The lowest BCUT2D eigenvalue weighted by atomic mass is 10.1. The van der Waals surface area contributed by atoms with E-state index in [9.17, 15) is 25.9 Å². The highest BCUT2D eigenvalue weighted by molar-refractivity contribution is 7.86. The van der Waals surface area contributed by atoms with E-state index in [1.165, 1.54) is 55.8 Å². The third kappa shape index (κ3) is 10.1. The molecule has 19 heteroatoms. The molecule has 2 aromatic carbocycles. The van der Waals surface area contributed by atoms with Gasteiger partial charge in [-0.05, 0) is 48.9 Å². The first-order valence-electron chi connectivity index (χ1n) is 18.3. The standard InChI is InChI=1S/2C15H19N4S.C10H8O6S2.H2O/c2*1-3-18-10-17-8-13(15(18)16)9-19-6-4-12-5-7-20-14(12)11(19)2;11-17(12,13)9-5-1-3-7-8(9)4-2-6-10(7)18(14,15)16;/h2*4-8,10,15H,3,9,16H2,1-2H3;1-6H,(H,11,12,13)(H,14,15,16);1H2/q2*+1;;/p-2. The highest BCUT2D eigenvalue weighted by Crippen LogP contribution is 2.28. The Morgan fingerprint density at radius 2 is 1.05 bits per heavy atom. The van der Waals surface area contributed by atoms with Crippen LogP contribution >= 0.6 is 22.7 Å². The van der Waals surface area contributed by atoms with Crippen LogP contribution < -0.4 is 20.6 Å². The Balaban J connectivity index is 0.000000167. The number of aryl methyl sites for hydroxylation is 2. The molecule has 0 bridgehead atoms. The molecule has 0 radical (unpaired) electrons. The molecule has 312 valence electrons. The van der Waals surface area contributed by atoms with Gasteiger partial charge < -0.3 is 35.8 Å². The number of likely N-dealkylation sites (N-methyl/N-ethyl adjacent to an activating group) is 2. The number of pyridine rings is 2. The number of nitrogens with two attached hydrogens (primary N) is 2. The Labute approximate surface area is 351 Å². The van der Waals surface area contributed by atoms with Crippen LogP contribution in [-0.4, -0.2) is 79.3 Å². The van der Waals surface area contributed by atoms with Gasteiger partial charge in [-0.2, -0.15) is 9.13 Å². The molecule has 2 unspecified atom stereocenters. The molecular formula is C40H46N8O7S4. The van der Waals surface area contributed by atoms with Gasteiger partial charge in [0.2, 0.25) is 0 Å². The molecule has 15 nitrogen and oxygen atoms in total. The molecule has 0 amide bonds. The minimum Gasteiger partial charge on any atom is -0.744 e. The number of nitrogens with zero attached hydrogens (tertiary/aromatic N) is 6. The van der Waals surface area contributed by atoms with Crippen molar-refractivity contribution in [1.82, 2.24) is 9.80 Å². The smallest absolute Gasteiger partial charge is 0.196 e. The van der Waals surface area contributed by atoms with Crippen molar-refractivity contribution in [3.63, 3.8) is 0 Å². The number of thiophene rings is 2. The van der Waals surface area contributed by atoms with Crippen LogP contribution in [0.2, 0.25) is 0 Å². The first-order chi connectivity index (χ1) is 27.6. The summed E-state index contributed by atoms with van der Waals surface area (Å²) in [7, 11) is -9.48. The van der Waals surface area contributed by atoms with Crippen LogP contribution in [-0.2, 0) is 33.3 Å². The minimum atomic E-state index is -4.74. The van der Waals surface area contributed by atoms with Crippen molar-refractivity contribution in [2.75, 3.05) is 13.1 Å². The lowest BCUT2D eigenvalue weighted by Crippen LogP contribution is -2.49. The van der Waals surface area contributed by atoms with Crippen molar-refractivity contribution >= 4 is 86.5 Å². The van der Waals surface area contributed by atoms with E-state index in [1.807, 2.05) is 25.1 Å². The molecule has 2 atom stereocenters. The molecule has 8 rings (SSSR count). The maximum Gasteiger partial charge on any atom is 0.196 e. The molecule has 0 saturated carbocycles. The van der Waals surface area contributed by atoms with Crippen LogP contribution in [0.1, 0.15) is 25.2 Å². The second-order valence-corrected chi connectivity index (χ2v) is 18.0. The van der Waals surface area contributed by atoms with E-state index >= 15 is 0 Å². The van der Waals surface area contributed by atoms with Crippen molar-refractivity contribution in [3.8, 4) is 0 Å². The molecule has 6 aromatic rings. The van der Waals surface area contributed by atoms with Gasteiger partial charge in [-0.3, -0.25) is 0 Å². The van der Waals surface area contributed by atoms with Gasteiger partial charge in [0.25, 0.3) is 0 Å². The number of aromatic nitrogens is 2. The number of hydrogen-bond donors (Lipinski definition) is 2. The van der Waals surface area contributed by atoms with Crippen molar-refractivity contribution in [1.29, 1.82) is 0 Å². The summed E-state index contributed by atoms with van der Waals surface area (Å²) in [6.07, 6.45) is 11.5. The molecule has 0 fully saturated rings. The van der Waals surface area contributed by atoms with Gasteiger partial charge in [0, 0.05) is 84.2 Å². The topological polar surface area (TPSA) is 237 Å². The Morgan fingerprint density at radius 1 is 0.661 bits per heavy atom. The molecule has 2 aliphatic heterocycles. The summed E-state index contributed by atoms with van der Waals surface area (Å²) in [6.45, 7) is 11.8. The quantitative estimate of drug-likeness (QED) is 0.165. The predicted molar refractivity (Wildman–Crippen MR) is 231 cm³/mol. The van der Waals surface area contributed by atoms with E-state index in [1.54, 1.807) is 22.7 Å². The average Bonchev–Trinajstić information content (AvgIpc) is 3.89. The zero-order valence-corrected chi connectivity index (χ0v) is 36.1. The fourth-order valence-electron chi connectivity index (χ4n) is 6.72. The summed E-state index contributed by atoms with van der Waals surface area (Å²) in [5, 5.41) is 6.72. The van der Waals surface area contributed by atoms with E-state index in [0.717, 1.165) is 49.5 Å². The predicted octanol–water partition coefficient (Wildman–Crippen LogP) is 3.88. The molecule has 0 saturated heterocycles. The molecule has 6 N–H and O–H groups in total. The third-order valence-electron chi connectivity index (χ3n) is 9.98. The lowest BCUT2D eigenvalue weighted by Gasteiger charge is -2.28. The van der Waals surface area contributed by atoms with Gasteiger partial charge in [-0.25, -0.2) is 26.8 Å². The Hall–Kier alpha value is -4.96. The number of rotatable bonds is 8. The Morgan fingerprint density at radius 3 is 1.41 bits per heavy atom. The Kier molecular flexibility index (Phi) is 14.5.